The van der Waals surface area contributed by atoms with Crippen LogP contribution >= 0.6 is 0 Å². The molecule has 0 aliphatic rings. The van der Waals surface area contributed by atoms with Gasteiger partial charge in [-0.15, -0.1) is 5.10 Å². The van der Waals surface area contributed by atoms with Crippen molar-refractivity contribution >= 4 is 22.5 Å². The number of nitrogens with one attached hydrogen (secondary N) is 1. The summed E-state index contributed by atoms with van der Waals surface area (Å²) in [4.78, 5) is 8.89. The maximum atomic E-state index is 5.96. The molecule has 0 aliphatic carbocycles. The zero-order valence-corrected chi connectivity index (χ0v) is 11.4. The molecule has 0 saturated heterocycles. The van der Waals surface area contributed by atoms with Gasteiger partial charge in [0.15, 0.2) is 11.5 Å². The van der Waals surface area contributed by atoms with Crippen molar-refractivity contribution < 1.29 is 4.74 Å². The third kappa shape index (κ3) is 1.92. The molecule has 2 heterocycles. The smallest absolute Gasteiger partial charge is 0.223 e. The molecule has 2 aromatic heterocycles. The topological polar surface area (TPSA) is 90.4 Å². The Morgan fingerprint density at radius 3 is 2.95 bits per heavy atom. The molecule has 0 radical (unpaired) electrons. The summed E-state index contributed by atoms with van der Waals surface area (Å²) in [6, 6.07) is 5.68. The van der Waals surface area contributed by atoms with E-state index in [1.165, 1.54) is 0 Å². The van der Waals surface area contributed by atoms with Gasteiger partial charge in [0.05, 0.1) is 13.7 Å². The van der Waals surface area contributed by atoms with Gasteiger partial charge in [0.2, 0.25) is 5.95 Å². The minimum Gasteiger partial charge on any atom is -0.494 e. The van der Waals surface area contributed by atoms with Crippen molar-refractivity contribution in [3.05, 3.63) is 24.0 Å². The van der Waals surface area contributed by atoms with E-state index in [0.29, 0.717) is 35.2 Å². The van der Waals surface area contributed by atoms with Crippen LogP contribution in [0.2, 0.25) is 0 Å². The van der Waals surface area contributed by atoms with Crippen molar-refractivity contribution in [2.45, 2.75) is 13.5 Å². The Morgan fingerprint density at radius 1 is 1.35 bits per heavy atom. The highest BCUT2D eigenvalue weighted by Crippen LogP contribution is 2.27. The maximum absolute atomic E-state index is 5.96. The number of hydrogen-bond acceptors (Lipinski definition) is 6. The molecule has 0 atom stereocenters. The van der Waals surface area contributed by atoms with Gasteiger partial charge in [0.25, 0.3) is 0 Å². The Hall–Kier alpha value is -2.41. The third-order valence-corrected chi connectivity index (χ3v) is 3.09. The van der Waals surface area contributed by atoms with Gasteiger partial charge < -0.3 is 15.8 Å². The first-order valence-corrected chi connectivity index (χ1v) is 6.43. The number of nitrogens with zero attached hydrogens (tertiary/aromatic N) is 4. The van der Waals surface area contributed by atoms with Gasteiger partial charge in [-0.1, -0.05) is 13.0 Å². The summed E-state index contributed by atoms with van der Waals surface area (Å²) < 4.78 is 6.88. The average molecular weight is 272 g/mol. The van der Waals surface area contributed by atoms with Gasteiger partial charge in [-0.3, -0.25) is 0 Å². The van der Waals surface area contributed by atoms with Gasteiger partial charge in [0, 0.05) is 5.39 Å². The van der Waals surface area contributed by atoms with E-state index in [4.69, 9.17) is 10.5 Å². The van der Waals surface area contributed by atoms with E-state index < -0.39 is 0 Å². The second-order valence-electron chi connectivity index (χ2n) is 4.37. The lowest BCUT2D eigenvalue weighted by atomic mass is 10.2. The molecule has 3 aromatic rings. The molecule has 0 aliphatic heterocycles. The highest BCUT2D eigenvalue weighted by Gasteiger charge is 2.13. The SMILES string of the molecule is CCNCc1nc2c3cccc(OC)c3nc(N)n2n1. The van der Waals surface area contributed by atoms with Gasteiger partial charge in [-0.05, 0) is 18.7 Å². The fourth-order valence-corrected chi connectivity index (χ4v) is 2.15. The molecule has 20 heavy (non-hydrogen) atoms. The van der Waals surface area contributed by atoms with Crippen molar-refractivity contribution in [3.8, 4) is 5.75 Å². The minimum atomic E-state index is 0.298. The lowest BCUT2D eigenvalue weighted by Crippen LogP contribution is -2.13. The number of para-hydroxylation sites is 1. The molecule has 0 spiro atoms. The monoisotopic (exact) mass is 272 g/mol. The van der Waals surface area contributed by atoms with Crippen LogP contribution in [0.4, 0.5) is 5.95 Å². The first-order chi connectivity index (χ1) is 9.74. The Balaban J connectivity index is 2.26. The van der Waals surface area contributed by atoms with Crippen molar-refractivity contribution in [1.29, 1.82) is 0 Å². The van der Waals surface area contributed by atoms with E-state index in [1.807, 2.05) is 25.1 Å². The molecule has 0 amide bonds. The Morgan fingerprint density at radius 2 is 2.20 bits per heavy atom. The standard InChI is InChI=1S/C13H16N6O/c1-3-15-7-10-16-12-8-5-4-6-9(20-2)11(8)17-13(14)19(12)18-10/h4-6,15H,3,7H2,1-2H3,(H2,14,17). The second-order valence-corrected chi connectivity index (χ2v) is 4.37. The van der Waals surface area contributed by atoms with Crippen LogP contribution < -0.4 is 15.8 Å². The Bertz CT molecular complexity index is 766. The number of aromatic nitrogens is 4. The molecule has 0 saturated carbocycles. The summed E-state index contributed by atoms with van der Waals surface area (Å²) in [7, 11) is 1.61. The number of hydrogen-bond donors (Lipinski definition) is 2. The Labute approximate surface area is 115 Å². The third-order valence-electron chi connectivity index (χ3n) is 3.09. The van der Waals surface area contributed by atoms with Crippen molar-refractivity contribution in [2.24, 2.45) is 0 Å². The molecule has 7 nitrogen and oxygen atoms in total. The molecular weight excluding hydrogens is 256 g/mol. The van der Waals surface area contributed by atoms with Crippen molar-refractivity contribution in [1.82, 2.24) is 24.9 Å². The summed E-state index contributed by atoms with van der Waals surface area (Å²) in [6.45, 7) is 3.49. The molecule has 0 unspecified atom stereocenters. The van der Waals surface area contributed by atoms with Crippen molar-refractivity contribution in [3.63, 3.8) is 0 Å². The predicted octanol–water partition coefficient (Wildman–Crippen LogP) is 0.978. The molecule has 7 heteroatoms. The predicted molar refractivity (Wildman–Crippen MR) is 76.6 cm³/mol. The van der Waals surface area contributed by atoms with Gasteiger partial charge in [-0.25, -0.2) is 9.97 Å². The number of ether oxygens (including phenoxy) is 1. The average Bonchev–Trinajstić information content (AvgIpc) is 2.90. The van der Waals surface area contributed by atoms with E-state index in [9.17, 15) is 0 Å². The maximum Gasteiger partial charge on any atom is 0.223 e. The number of nitrogens with two attached hydrogens (primary N) is 1. The van der Waals surface area contributed by atoms with Crippen molar-refractivity contribution in [2.75, 3.05) is 19.4 Å². The Kier molecular flexibility index (Phi) is 3.11. The van der Waals surface area contributed by atoms with E-state index in [-0.39, 0.29) is 0 Å². The summed E-state index contributed by atoms with van der Waals surface area (Å²) >= 11 is 0. The van der Waals surface area contributed by atoms with E-state index in [1.54, 1.807) is 11.6 Å². The van der Waals surface area contributed by atoms with E-state index in [2.05, 4.69) is 20.4 Å². The van der Waals surface area contributed by atoms with Crippen LogP contribution in [0.15, 0.2) is 18.2 Å². The number of nitrogen functional groups attached to an aromatic ring is 1. The van der Waals surface area contributed by atoms with Crippen LogP contribution in [-0.4, -0.2) is 33.2 Å². The van der Waals surface area contributed by atoms with Crippen LogP contribution in [-0.2, 0) is 6.54 Å². The number of anilines is 1. The second kappa shape index (κ2) is 4.93. The zero-order chi connectivity index (χ0) is 14.1. The minimum absolute atomic E-state index is 0.298. The van der Waals surface area contributed by atoms with E-state index >= 15 is 0 Å². The fraction of sp³-hybridized carbons (Fsp3) is 0.308. The molecular formula is C13H16N6O. The molecule has 3 N–H and O–H groups in total. The van der Waals surface area contributed by atoms with Crippen LogP contribution in [0.3, 0.4) is 0 Å². The number of fused-ring (bicyclic) bond motifs is 3. The normalized spacial score (nSPS) is 11.3. The highest BCUT2D eigenvalue weighted by atomic mass is 16.5. The first kappa shape index (κ1) is 12.6. The molecule has 0 fully saturated rings. The summed E-state index contributed by atoms with van der Waals surface area (Å²) in [5.41, 5.74) is 7.35. The lowest BCUT2D eigenvalue weighted by molar-refractivity contribution is 0.419. The summed E-state index contributed by atoms with van der Waals surface area (Å²) in [6.07, 6.45) is 0. The lowest BCUT2D eigenvalue weighted by Gasteiger charge is -2.06. The zero-order valence-electron chi connectivity index (χ0n) is 11.4. The quantitative estimate of drug-likeness (QED) is 0.735. The number of methoxy groups -OCH3 is 1. The number of benzene rings is 1. The van der Waals surface area contributed by atoms with Gasteiger partial charge in [0.1, 0.15) is 11.3 Å². The first-order valence-electron chi connectivity index (χ1n) is 6.43. The van der Waals surface area contributed by atoms with Gasteiger partial charge in [-0.2, -0.15) is 4.52 Å². The molecule has 1 aromatic carbocycles. The van der Waals surface area contributed by atoms with Crippen LogP contribution in [0, 0.1) is 0 Å². The van der Waals surface area contributed by atoms with Crippen LogP contribution in [0.5, 0.6) is 5.75 Å². The largest absolute Gasteiger partial charge is 0.494 e. The molecule has 0 bridgehead atoms. The summed E-state index contributed by atoms with van der Waals surface area (Å²) in [5.74, 6) is 1.66. The van der Waals surface area contributed by atoms with Crippen LogP contribution in [0.25, 0.3) is 16.6 Å². The molecule has 3 rings (SSSR count). The molecule has 104 valence electrons. The highest BCUT2D eigenvalue weighted by molar-refractivity contribution is 5.95. The van der Waals surface area contributed by atoms with Crippen LogP contribution in [0.1, 0.15) is 12.7 Å². The fourth-order valence-electron chi connectivity index (χ4n) is 2.15. The van der Waals surface area contributed by atoms with E-state index in [0.717, 1.165) is 11.9 Å². The number of rotatable bonds is 4. The van der Waals surface area contributed by atoms with Gasteiger partial charge >= 0.3 is 0 Å². The summed E-state index contributed by atoms with van der Waals surface area (Å²) in [5, 5.41) is 8.43.